The van der Waals surface area contributed by atoms with Crippen molar-refractivity contribution < 1.29 is 19.2 Å². The fraction of sp³-hybridized carbons (Fsp3) is 0.174. The number of ketones is 1. The molecule has 160 valence electrons. The van der Waals surface area contributed by atoms with E-state index in [-0.39, 0.29) is 17.9 Å². The summed E-state index contributed by atoms with van der Waals surface area (Å²) in [6.07, 6.45) is 0.0687. The number of Topliss-reactive ketones (excluding diaryl/α,β-unsaturated/α-hetero) is 1. The highest BCUT2D eigenvalue weighted by Crippen LogP contribution is 2.31. The van der Waals surface area contributed by atoms with Crippen LogP contribution in [0.3, 0.4) is 0 Å². The van der Waals surface area contributed by atoms with Crippen molar-refractivity contribution in [1.82, 2.24) is 0 Å². The van der Waals surface area contributed by atoms with E-state index in [9.17, 15) is 14.9 Å². The van der Waals surface area contributed by atoms with Crippen molar-refractivity contribution in [2.75, 3.05) is 19.5 Å². The molecule has 1 atom stereocenters. The summed E-state index contributed by atoms with van der Waals surface area (Å²) >= 11 is 5.96. The van der Waals surface area contributed by atoms with Crippen LogP contribution in [-0.2, 0) is 0 Å². The predicted molar refractivity (Wildman–Crippen MR) is 119 cm³/mol. The predicted octanol–water partition coefficient (Wildman–Crippen LogP) is 5.69. The maximum atomic E-state index is 13.1. The van der Waals surface area contributed by atoms with Gasteiger partial charge in [-0.15, -0.1) is 0 Å². The molecule has 0 fully saturated rings. The standard InChI is InChI=1S/C23H21ClN2O5/c1-30-22-11-6-16(13-23(22)31-2)21(27)14-20(25-18-9-7-17(24)8-10-18)15-4-3-5-19(12-15)26(28)29/h3-13,20,25H,14H2,1-2H3. The molecule has 0 amide bonds. The molecule has 0 radical (unpaired) electrons. The van der Waals surface area contributed by atoms with Crippen molar-refractivity contribution in [3.63, 3.8) is 0 Å². The molecule has 0 saturated carbocycles. The Morgan fingerprint density at radius 3 is 2.39 bits per heavy atom. The molecule has 0 aliphatic rings. The van der Waals surface area contributed by atoms with Gasteiger partial charge >= 0.3 is 0 Å². The van der Waals surface area contributed by atoms with E-state index >= 15 is 0 Å². The number of non-ortho nitro benzene ring substituents is 1. The van der Waals surface area contributed by atoms with E-state index in [1.165, 1.54) is 26.4 Å². The molecule has 0 aliphatic heterocycles. The molecule has 0 aromatic heterocycles. The maximum absolute atomic E-state index is 13.1. The summed E-state index contributed by atoms with van der Waals surface area (Å²) in [5, 5.41) is 15.1. The van der Waals surface area contributed by atoms with Crippen molar-refractivity contribution >= 4 is 28.8 Å². The highest BCUT2D eigenvalue weighted by molar-refractivity contribution is 6.30. The van der Waals surface area contributed by atoms with Crippen molar-refractivity contribution in [3.05, 3.63) is 93.0 Å². The first-order chi connectivity index (χ1) is 14.9. The number of carbonyl (C=O) groups is 1. The number of halogens is 1. The molecule has 8 heteroatoms. The maximum Gasteiger partial charge on any atom is 0.269 e. The summed E-state index contributed by atoms with van der Waals surface area (Å²) in [4.78, 5) is 23.8. The second-order valence-corrected chi connectivity index (χ2v) is 7.19. The van der Waals surface area contributed by atoms with Crippen LogP contribution in [0.2, 0.25) is 5.02 Å². The Hall–Kier alpha value is -3.58. The van der Waals surface area contributed by atoms with Crippen LogP contribution in [0.4, 0.5) is 11.4 Å². The summed E-state index contributed by atoms with van der Waals surface area (Å²) in [7, 11) is 3.02. The third-order valence-electron chi connectivity index (χ3n) is 4.76. The highest BCUT2D eigenvalue weighted by atomic mass is 35.5. The van der Waals surface area contributed by atoms with Crippen LogP contribution in [0.5, 0.6) is 11.5 Å². The summed E-state index contributed by atoms with van der Waals surface area (Å²) < 4.78 is 10.5. The largest absolute Gasteiger partial charge is 0.493 e. The third-order valence-corrected chi connectivity index (χ3v) is 5.02. The van der Waals surface area contributed by atoms with Gasteiger partial charge in [0.15, 0.2) is 17.3 Å². The first-order valence-corrected chi connectivity index (χ1v) is 9.80. The summed E-state index contributed by atoms with van der Waals surface area (Å²) in [6.45, 7) is 0. The smallest absolute Gasteiger partial charge is 0.269 e. The molecule has 3 aromatic rings. The number of nitro benzene ring substituents is 1. The molecular weight excluding hydrogens is 420 g/mol. The van der Waals surface area contributed by atoms with Crippen molar-refractivity contribution in [1.29, 1.82) is 0 Å². The molecule has 3 aromatic carbocycles. The number of hydrogen-bond donors (Lipinski definition) is 1. The number of benzene rings is 3. The van der Waals surface area contributed by atoms with Crippen LogP contribution >= 0.6 is 11.6 Å². The highest BCUT2D eigenvalue weighted by Gasteiger charge is 2.20. The Bertz CT molecular complexity index is 1090. The average molecular weight is 441 g/mol. The number of anilines is 1. The van der Waals surface area contributed by atoms with Crippen LogP contribution in [0.25, 0.3) is 0 Å². The van der Waals surface area contributed by atoms with E-state index in [2.05, 4.69) is 5.32 Å². The Labute approximate surface area is 184 Å². The van der Waals surface area contributed by atoms with Crippen LogP contribution < -0.4 is 14.8 Å². The molecule has 0 aliphatic carbocycles. The number of nitro groups is 1. The van der Waals surface area contributed by atoms with E-state index in [1.54, 1.807) is 54.6 Å². The number of methoxy groups -OCH3 is 2. The van der Waals surface area contributed by atoms with Crippen LogP contribution in [0.1, 0.15) is 28.4 Å². The van der Waals surface area contributed by atoms with Crippen molar-refractivity contribution in [3.8, 4) is 11.5 Å². The number of carbonyl (C=O) groups excluding carboxylic acids is 1. The fourth-order valence-corrected chi connectivity index (χ4v) is 3.29. The Morgan fingerprint density at radius 1 is 1.03 bits per heavy atom. The third kappa shape index (κ3) is 5.52. The van der Waals surface area contributed by atoms with Crippen LogP contribution in [0.15, 0.2) is 66.7 Å². The monoisotopic (exact) mass is 440 g/mol. The molecule has 31 heavy (non-hydrogen) atoms. The summed E-state index contributed by atoms with van der Waals surface area (Å²) in [5.74, 6) is 0.818. The van der Waals surface area contributed by atoms with Gasteiger partial charge in [-0.25, -0.2) is 0 Å². The van der Waals surface area contributed by atoms with Gasteiger partial charge in [-0.2, -0.15) is 0 Å². The Morgan fingerprint density at radius 2 is 1.74 bits per heavy atom. The molecule has 0 spiro atoms. The minimum absolute atomic E-state index is 0.0426. The second-order valence-electron chi connectivity index (χ2n) is 6.75. The minimum Gasteiger partial charge on any atom is -0.493 e. The quantitative estimate of drug-likeness (QED) is 0.261. The summed E-state index contributed by atoms with van der Waals surface area (Å²) in [5.41, 5.74) is 1.77. The zero-order chi connectivity index (χ0) is 22.4. The topological polar surface area (TPSA) is 90.7 Å². The number of nitrogens with zero attached hydrogens (tertiary/aromatic N) is 1. The second kappa shape index (κ2) is 9.95. The lowest BCUT2D eigenvalue weighted by Crippen LogP contribution is -2.16. The first kappa shape index (κ1) is 22.1. The van der Waals surface area contributed by atoms with Gasteiger partial charge < -0.3 is 14.8 Å². The normalized spacial score (nSPS) is 11.5. The lowest BCUT2D eigenvalue weighted by atomic mass is 9.97. The Kier molecular flexibility index (Phi) is 7.10. The SMILES string of the molecule is COc1ccc(C(=O)CC(Nc2ccc(Cl)cc2)c2cccc([N+](=O)[O-])c2)cc1OC. The zero-order valence-corrected chi connectivity index (χ0v) is 17.8. The lowest BCUT2D eigenvalue weighted by molar-refractivity contribution is -0.384. The van der Waals surface area contributed by atoms with Gasteiger partial charge in [-0.3, -0.25) is 14.9 Å². The molecule has 0 bridgehead atoms. The van der Waals surface area contributed by atoms with E-state index in [0.29, 0.717) is 27.6 Å². The van der Waals surface area contributed by atoms with Crippen LogP contribution in [-0.4, -0.2) is 24.9 Å². The van der Waals surface area contributed by atoms with E-state index in [1.807, 2.05) is 0 Å². The van der Waals surface area contributed by atoms with Crippen LogP contribution in [0, 0.1) is 10.1 Å². The van der Waals surface area contributed by atoms with Crippen molar-refractivity contribution in [2.24, 2.45) is 0 Å². The van der Waals surface area contributed by atoms with Crippen molar-refractivity contribution in [2.45, 2.75) is 12.5 Å². The zero-order valence-electron chi connectivity index (χ0n) is 17.0. The van der Waals surface area contributed by atoms with Gasteiger partial charge in [0.2, 0.25) is 0 Å². The van der Waals surface area contributed by atoms with E-state index in [0.717, 1.165) is 5.69 Å². The number of nitrogens with one attached hydrogen (secondary N) is 1. The first-order valence-electron chi connectivity index (χ1n) is 9.43. The van der Waals surface area contributed by atoms with Gasteiger partial charge in [0, 0.05) is 34.8 Å². The molecule has 1 unspecified atom stereocenters. The summed E-state index contributed by atoms with van der Waals surface area (Å²) in [6, 6.07) is 17.7. The molecular formula is C23H21ClN2O5. The molecule has 0 saturated heterocycles. The van der Waals surface area contributed by atoms with E-state index in [4.69, 9.17) is 21.1 Å². The Balaban J connectivity index is 1.92. The van der Waals surface area contributed by atoms with E-state index < -0.39 is 11.0 Å². The van der Waals surface area contributed by atoms with Gasteiger partial charge in [0.1, 0.15) is 0 Å². The van der Waals surface area contributed by atoms with Gasteiger partial charge in [-0.1, -0.05) is 23.7 Å². The van der Waals surface area contributed by atoms with Gasteiger partial charge in [-0.05, 0) is 48.0 Å². The lowest BCUT2D eigenvalue weighted by Gasteiger charge is -2.20. The molecule has 0 heterocycles. The fourth-order valence-electron chi connectivity index (χ4n) is 3.17. The molecule has 7 nitrogen and oxygen atoms in total. The number of ether oxygens (including phenoxy) is 2. The molecule has 3 rings (SSSR count). The minimum atomic E-state index is -0.498. The molecule has 1 N–H and O–H groups in total. The van der Waals surface area contributed by atoms with Gasteiger partial charge in [0.05, 0.1) is 25.2 Å². The van der Waals surface area contributed by atoms with Gasteiger partial charge in [0.25, 0.3) is 5.69 Å². The average Bonchev–Trinajstić information content (AvgIpc) is 2.79. The number of rotatable bonds is 9. The number of hydrogen-bond acceptors (Lipinski definition) is 6.